The zero-order valence-corrected chi connectivity index (χ0v) is 22.3. The van der Waals surface area contributed by atoms with Gasteiger partial charge in [0.25, 0.3) is 0 Å². The molecule has 32 heavy (non-hydrogen) atoms. The molecule has 0 radical (unpaired) electrons. The summed E-state index contributed by atoms with van der Waals surface area (Å²) in [6.45, 7) is 9.42. The first-order valence-electron chi connectivity index (χ1n) is 11.6. The second-order valence-electron chi connectivity index (χ2n) is 8.97. The zero-order valence-electron chi connectivity index (χ0n) is 20.0. The van der Waals surface area contributed by atoms with Gasteiger partial charge in [0.1, 0.15) is 17.6 Å². The molecule has 0 spiro atoms. The topological polar surface area (TPSA) is 84.0 Å². The molecule has 0 saturated heterocycles. The molecule has 1 aliphatic heterocycles. The number of methoxy groups -OCH3 is 1. The third kappa shape index (κ3) is 7.15. The minimum absolute atomic E-state index is 0. The largest absolute Gasteiger partial charge is 0.496 e. The molecule has 8 heteroatoms. The minimum Gasteiger partial charge on any atom is -0.496 e. The van der Waals surface area contributed by atoms with Crippen LogP contribution in [0, 0.1) is 5.92 Å². The van der Waals surface area contributed by atoms with Gasteiger partial charge in [0.05, 0.1) is 13.7 Å². The van der Waals surface area contributed by atoms with Crippen LogP contribution in [0.15, 0.2) is 17.1 Å². The Morgan fingerprint density at radius 2 is 2.09 bits per heavy atom. The van der Waals surface area contributed by atoms with Gasteiger partial charge in [0.2, 0.25) is 5.91 Å². The Balaban J connectivity index is 0.00000363. The molecule has 1 aromatic carbocycles. The molecule has 1 heterocycles. The van der Waals surface area contributed by atoms with Gasteiger partial charge in [-0.15, -0.1) is 24.0 Å². The van der Waals surface area contributed by atoms with E-state index in [9.17, 15) is 4.79 Å². The number of rotatable bonds is 7. The highest BCUT2D eigenvalue weighted by molar-refractivity contribution is 14.0. The van der Waals surface area contributed by atoms with Gasteiger partial charge in [-0.25, -0.2) is 4.99 Å². The summed E-state index contributed by atoms with van der Waals surface area (Å²) in [5.74, 6) is 2.78. The lowest BCUT2D eigenvalue weighted by Crippen LogP contribution is -2.47. The van der Waals surface area contributed by atoms with Crippen molar-refractivity contribution >= 4 is 35.8 Å². The van der Waals surface area contributed by atoms with E-state index in [1.165, 1.54) is 5.56 Å². The monoisotopic (exact) mass is 558 g/mol. The second kappa shape index (κ2) is 12.5. The van der Waals surface area contributed by atoms with Gasteiger partial charge in [-0.05, 0) is 59.1 Å². The lowest BCUT2D eigenvalue weighted by Gasteiger charge is -2.30. The molecule has 7 nitrogen and oxygen atoms in total. The van der Waals surface area contributed by atoms with E-state index in [-0.39, 0.29) is 54.0 Å². The van der Waals surface area contributed by atoms with Gasteiger partial charge >= 0.3 is 0 Å². The molecule has 1 aliphatic carbocycles. The first-order chi connectivity index (χ1) is 14.9. The summed E-state index contributed by atoms with van der Waals surface area (Å²) in [6, 6.07) is 4.54. The van der Waals surface area contributed by atoms with E-state index in [1.807, 2.05) is 13.8 Å². The average Bonchev–Trinajstić information content (AvgIpc) is 3.10. The number of carbonyl (C=O) groups is 1. The fraction of sp³-hybridized carbons (Fsp3) is 0.667. The van der Waals surface area contributed by atoms with Crippen molar-refractivity contribution < 1.29 is 14.3 Å². The van der Waals surface area contributed by atoms with Crippen LogP contribution >= 0.6 is 24.0 Å². The van der Waals surface area contributed by atoms with Gasteiger partial charge < -0.3 is 25.4 Å². The summed E-state index contributed by atoms with van der Waals surface area (Å²) in [6.07, 6.45) is 4.98. The third-order valence-electron chi connectivity index (χ3n) is 5.87. The first-order valence-corrected chi connectivity index (χ1v) is 11.6. The van der Waals surface area contributed by atoms with Crippen molar-refractivity contribution in [2.75, 3.05) is 13.7 Å². The van der Waals surface area contributed by atoms with Crippen molar-refractivity contribution in [1.29, 1.82) is 0 Å². The van der Waals surface area contributed by atoms with E-state index in [1.54, 1.807) is 7.11 Å². The molecular weight excluding hydrogens is 519 g/mol. The van der Waals surface area contributed by atoms with Gasteiger partial charge in [-0.1, -0.05) is 6.42 Å². The van der Waals surface area contributed by atoms with E-state index in [0.717, 1.165) is 61.7 Å². The molecular formula is C24H39IN4O3. The molecule has 3 unspecified atom stereocenters. The summed E-state index contributed by atoms with van der Waals surface area (Å²) in [4.78, 5) is 17.3. The van der Waals surface area contributed by atoms with Gasteiger partial charge in [0, 0.05) is 42.1 Å². The van der Waals surface area contributed by atoms with Crippen molar-refractivity contribution in [2.24, 2.45) is 10.9 Å². The van der Waals surface area contributed by atoms with E-state index in [0.29, 0.717) is 6.54 Å². The Labute approximate surface area is 209 Å². The number of nitrogens with one attached hydrogen (secondary N) is 3. The Morgan fingerprint density at radius 3 is 2.78 bits per heavy atom. The van der Waals surface area contributed by atoms with E-state index < -0.39 is 0 Å². The van der Waals surface area contributed by atoms with Crippen molar-refractivity contribution in [1.82, 2.24) is 16.0 Å². The zero-order chi connectivity index (χ0) is 22.4. The first kappa shape index (κ1) is 26.5. The second-order valence-corrected chi connectivity index (χ2v) is 8.97. The van der Waals surface area contributed by atoms with Gasteiger partial charge in [-0.2, -0.15) is 0 Å². The fourth-order valence-electron chi connectivity index (χ4n) is 4.43. The van der Waals surface area contributed by atoms with Gasteiger partial charge in [0.15, 0.2) is 5.96 Å². The number of ether oxygens (including phenoxy) is 2. The minimum atomic E-state index is 0. The quantitative estimate of drug-likeness (QED) is 0.270. The molecule has 0 bridgehead atoms. The SMILES string of the molecule is CCNC(=NCc1cc2c(cc1OC)CC(C)O2)NC1CCCC(C(=O)NC(C)C)C1.I. The highest BCUT2D eigenvalue weighted by atomic mass is 127. The Kier molecular flexibility index (Phi) is 10.4. The number of nitrogens with zero attached hydrogens (tertiary/aromatic N) is 1. The maximum atomic E-state index is 12.5. The van der Waals surface area contributed by atoms with Crippen molar-refractivity contribution in [2.45, 2.75) is 84.5 Å². The standard InChI is InChI=1S/C24H38N4O3.HI/c1-6-25-24(28-20-9-7-8-17(11-20)23(29)27-15(2)3)26-14-19-13-22-18(10-16(4)31-22)12-21(19)30-5;/h12-13,15-17,20H,6-11,14H2,1-5H3,(H,27,29)(H2,25,26,28);1H. The molecule has 3 N–H and O–H groups in total. The predicted octanol–water partition coefficient (Wildman–Crippen LogP) is 3.78. The maximum absolute atomic E-state index is 12.5. The smallest absolute Gasteiger partial charge is 0.223 e. The lowest BCUT2D eigenvalue weighted by atomic mass is 9.85. The average molecular weight is 559 g/mol. The van der Waals surface area contributed by atoms with Crippen LogP contribution in [-0.4, -0.2) is 43.7 Å². The molecule has 1 saturated carbocycles. The predicted molar refractivity (Wildman–Crippen MR) is 139 cm³/mol. The van der Waals surface area contributed by atoms with Crippen LogP contribution in [0.2, 0.25) is 0 Å². The van der Waals surface area contributed by atoms with Crippen molar-refractivity contribution in [3.8, 4) is 11.5 Å². The van der Waals surface area contributed by atoms with Crippen molar-refractivity contribution in [3.63, 3.8) is 0 Å². The molecule has 3 atom stereocenters. The van der Waals surface area contributed by atoms with Crippen LogP contribution in [-0.2, 0) is 17.8 Å². The number of aliphatic imine (C=N–C) groups is 1. The number of carbonyl (C=O) groups excluding carboxylic acids is 1. The van der Waals surface area contributed by atoms with Crippen LogP contribution in [0.1, 0.15) is 64.5 Å². The molecule has 1 aromatic rings. The van der Waals surface area contributed by atoms with Crippen LogP contribution in [0.5, 0.6) is 11.5 Å². The van der Waals surface area contributed by atoms with E-state index in [4.69, 9.17) is 14.5 Å². The Bertz CT molecular complexity index is 800. The number of fused-ring (bicyclic) bond motifs is 1. The van der Waals surface area contributed by atoms with Gasteiger partial charge in [-0.3, -0.25) is 4.79 Å². The normalized spacial score (nSPS) is 22.4. The van der Waals surface area contributed by atoms with Crippen LogP contribution in [0.4, 0.5) is 0 Å². The molecule has 180 valence electrons. The van der Waals surface area contributed by atoms with E-state index in [2.05, 4.69) is 41.9 Å². The molecule has 1 amide bonds. The summed E-state index contributed by atoms with van der Waals surface area (Å²) >= 11 is 0. The molecule has 1 fully saturated rings. The summed E-state index contributed by atoms with van der Waals surface area (Å²) in [5.41, 5.74) is 2.19. The van der Waals surface area contributed by atoms with Crippen LogP contribution in [0.3, 0.4) is 0 Å². The van der Waals surface area contributed by atoms with Crippen LogP contribution < -0.4 is 25.4 Å². The summed E-state index contributed by atoms with van der Waals surface area (Å²) < 4.78 is 11.5. The number of hydrogen-bond donors (Lipinski definition) is 3. The Hall–Kier alpha value is -1.71. The fourth-order valence-corrected chi connectivity index (χ4v) is 4.43. The highest BCUT2D eigenvalue weighted by Gasteiger charge is 2.28. The Morgan fingerprint density at radius 1 is 1.31 bits per heavy atom. The highest BCUT2D eigenvalue weighted by Crippen LogP contribution is 2.35. The number of amides is 1. The number of benzene rings is 1. The maximum Gasteiger partial charge on any atom is 0.223 e. The van der Waals surface area contributed by atoms with Crippen molar-refractivity contribution in [3.05, 3.63) is 23.3 Å². The molecule has 0 aromatic heterocycles. The number of hydrogen-bond acceptors (Lipinski definition) is 4. The molecule has 3 rings (SSSR count). The van der Waals surface area contributed by atoms with E-state index >= 15 is 0 Å². The summed E-state index contributed by atoms with van der Waals surface area (Å²) in [5, 5.41) is 9.94. The molecule has 2 aliphatic rings. The summed E-state index contributed by atoms with van der Waals surface area (Å²) in [7, 11) is 1.70. The number of halogens is 1. The van der Waals surface area contributed by atoms with Crippen LogP contribution in [0.25, 0.3) is 0 Å². The third-order valence-corrected chi connectivity index (χ3v) is 5.87. The number of guanidine groups is 1. The lowest BCUT2D eigenvalue weighted by molar-refractivity contribution is -0.126.